The van der Waals surface area contributed by atoms with E-state index in [2.05, 4.69) is 12.0 Å². The summed E-state index contributed by atoms with van der Waals surface area (Å²) in [5.41, 5.74) is 0. The standard InChI is InChI=1S/C3H9NO2P.Y/c1-3-4-7(2,5)6;/h1,3H2,2H3,(H2,4,5,6);/q-1;/p-1. The molecule has 3 nitrogen and oxygen atoms in total. The summed E-state index contributed by atoms with van der Waals surface area (Å²) in [6, 6.07) is 0. The van der Waals surface area contributed by atoms with Crippen LogP contribution in [0.2, 0.25) is 0 Å². The van der Waals surface area contributed by atoms with Crippen LogP contribution in [0.5, 0.6) is 0 Å². The fourth-order valence-electron chi connectivity index (χ4n) is 0.203. The monoisotopic (exact) mass is 210 g/mol. The van der Waals surface area contributed by atoms with E-state index in [1.807, 2.05) is 0 Å². The van der Waals surface area contributed by atoms with Gasteiger partial charge in [0.1, 0.15) is 0 Å². The van der Waals surface area contributed by atoms with Crippen LogP contribution in [-0.4, -0.2) is 13.2 Å². The van der Waals surface area contributed by atoms with Gasteiger partial charge in [0.15, 0.2) is 0 Å². The third kappa shape index (κ3) is 10.3. The van der Waals surface area contributed by atoms with Crippen molar-refractivity contribution in [2.75, 3.05) is 13.2 Å². The van der Waals surface area contributed by atoms with E-state index in [0.717, 1.165) is 6.66 Å². The summed E-state index contributed by atoms with van der Waals surface area (Å²) in [6.45, 7) is 4.64. The van der Waals surface area contributed by atoms with E-state index in [0.29, 0.717) is 0 Å². The molecule has 1 radical (unpaired) electrons. The van der Waals surface area contributed by atoms with Crippen molar-refractivity contribution >= 4 is 7.52 Å². The molecular weight excluding hydrogens is 202 g/mol. The maximum Gasteiger partial charge on any atom is 0.0714 e. The van der Waals surface area contributed by atoms with E-state index < -0.39 is 7.52 Å². The Bertz CT molecular complexity index is 91.3. The van der Waals surface area contributed by atoms with Gasteiger partial charge in [-0.2, -0.15) is 0 Å². The third-order valence-corrected chi connectivity index (χ3v) is 1.20. The van der Waals surface area contributed by atoms with Gasteiger partial charge in [-0.25, -0.2) is 0 Å². The minimum atomic E-state index is -3.23. The molecule has 0 aliphatic carbocycles. The Labute approximate surface area is 74.6 Å². The van der Waals surface area contributed by atoms with Crippen LogP contribution in [0.1, 0.15) is 0 Å². The Kier molecular flexibility index (Phi) is 7.60. The van der Waals surface area contributed by atoms with E-state index in [-0.39, 0.29) is 39.3 Å². The predicted octanol–water partition coefficient (Wildman–Crippen LogP) is -0.409. The van der Waals surface area contributed by atoms with Gasteiger partial charge in [0.05, 0.1) is 7.52 Å². The minimum absolute atomic E-state index is 0. The second-order valence-corrected chi connectivity index (χ2v) is 3.26. The van der Waals surface area contributed by atoms with Gasteiger partial charge in [-0.15, -0.1) is 6.54 Å². The SMILES string of the molecule is [CH2-]CNP(C)(=O)[O-].[Y]. The summed E-state index contributed by atoms with van der Waals surface area (Å²) in [7, 11) is -3.23. The first kappa shape index (κ1) is 12.0. The van der Waals surface area contributed by atoms with Crippen molar-refractivity contribution in [3.8, 4) is 0 Å². The van der Waals surface area contributed by atoms with Gasteiger partial charge in [0.2, 0.25) is 0 Å². The molecule has 5 heteroatoms. The van der Waals surface area contributed by atoms with Crippen molar-refractivity contribution in [1.82, 2.24) is 5.09 Å². The number of rotatable bonds is 2. The summed E-state index contributed by atoms with van der Waals surface area (Å²) in [5.74, 6) is 0. The molecule has 0 saturated heterocycles. The second kappa shape index (κ2) is 5.07. The van der Waals surface area contributed by atoms with Gasteiger partial charge >= 0.3 is 0 Å². The van der Waals surface area contributed by atoms with Crippen molar-refractivity contribution in [2.45, 2.75) is 0 Å². The average Bonchev–Trinajstić information content (AvgIpc) is 1.30. The van der Waals surface area contributed by atoms with E-state index in [1.54, 1.807) is 0 Å². The maximum atomic E-state index is 10.1. The Morgan fingerprint density at radius 1 is 1.88 bits per heavy atom. The third-order valence-electron chi connectivity index (χ3n) is 0.399. The van der Waals surface area contributed by atoms with Crippen molar-refractivity contribution in [2.24, 2.45) is 0 Å². The van der Waals surface area contributed by atoms with Crippen LogP contribution >= 0.6 is 7.52 Å². The van der Waals surface area contributed by atoms with E-state index in [1.165, 1.54) is 0 Å². The van der Waals surface area contributed by atoms with Crippen LogP contribution in [-0.2, 0) is 37.3 Å². The molecule has 0 spiro atoms. The van der Waals surface area contributed by atoms with Crippen LogP contribution in [0, 0.1) is 6.92 Å². The minimum Gasteiger partial charge on any atom is -0.788 e. The summed E-state index contributed by atoms with van der Waals surface area (Å²) >= 11 is 0. The van der Waals surface area contributed by atoms with Crippen LogP contribution in [0.15, 0.2) is 0 Å². The Balaban J connectivity index is 0. The summed E-state index contributed by atoms with van der Waals surface area (Å²) in [4.78, 5) is 10.1. The molecule has 0 aromatic rings. The number of hydrogen-bond donors (Lipinski definition) is 1. The predicted molar refractivity (Wildman–Crippen MR) is 26.9 cm³/mol. The van der Waals surface area contributed by atoms with E-state index in [4.69, 9.17) is 0 Å². The molecule has 0 aromatic carbocycles. The maximum absolute atomic E-state index is 10.1. The molecule has 0 saturated carbocycles. The normalized spacial score (nSPS) is 16.4. The van der Waals surface area contributed by atoms with Crippen molar-refractivity contribution < 1.29 is 42.2 Å². The molecule has 0 aromatic heterocycles. The molecule has 8 heavy (non-hydrogen) atoms. The molecule has 0 rings (SSSR count). The molecule has 0 aliphatic heterocycles. The largest absolute Gasteiger partial charge is 0.788 e. The summed E-state index contributed by atoms with van der Waals surface area (Å²) < 4.78 is 10.1. The first-order valence-electron chi connectivity index (χ1n) is 1.89. The molecule has 0 fully saturated rings. The molecule has 0 amide bonds. The molecule has 47 valence electrons. The van der Waals surface area contributed by atoms with Crippen LogP contribution < -0.4 is 9.98 Å². The summed E-state index contributed by atoms with van der Waals surface area (Å²) in [5, 5.41) is 2.17. The fourth-order valence-corrected chi connectivity index (χ4v) is 0.609. The Hall–Kier alpha value is 1.25. The van der Waals surface area contributed by atoms with Crippen LogP contribution in [0.4, 0.5) is 0 Å². The topological polar surface area (TPSA) is 52.2 Å². The number of nitrogens with one attached hydrogen (secondary N) is 1. The first-order chi connectivity index (χ1) is 3.06. The van der Waals surface area contributed by atoms with E-state index in [9.17, 15) is 9.46 Å². The van der Waals surface area contributed by atoms with E-state index >= 15 is 0 Å². The average molecular weight is 210 g/mol. The molecule has 0 bridgehead atoms. The summed E-state index contributed by atoms with van der Waals surface area (Å²) in [6.07, 6.45) is 0. The molecule has 1 N–H and O–H groups in total. The van der Waals surface area contributed by atoms with Gasteiger partial charge < -0.3 is 21.5 Å². The smallest absolute Gasteiger partial charge is 0.0714 e. The zero-order valence-corrected chi connectivity index (χ0v) is 8.49. The van der Waals surface area contributed by atoms with Gasteiger partial charge in [0, 0.05) is 32.7 Å². The molecular formula is C3H8NO2PY-2. The van der Waals surface area contributed by atoms with Gasteiger partial charge in [-0.3, -0.25) is 0 Å². The zero-order chi connectivity index (χ0) is 5.91. The zero-order valence-electron chi connectivity index (χ0n) is 4.76. The van der Waals surface area contributed by atoms with Gasteiger partial charge in [0.25, 0.3) is 0 Å². The van der Waals surface area contributed by atoms with Crippen LogP contribution in [0.25, 0.3) is 0 Å². The van der Waals surface area contributed by atoms with Crippen molar-refractivity contribution in [1.29, 1.82) is 0 Å². The Morgan fingerprint density at radius 3 is 2.25 bits per heavy atom. The quantitative estimate of drug-likeness (QED) is 0.497. The molecule has 1 atom stereocenters. The molecule has 0 aliphatic rings. The Morgan fingerprint density at radius 2 is 2.25 bits per heavy atom. The number of hydrogen-bond acceptors (Lipinski definition) is 2. The fraction of sp³-hybridized carbons (Fsp3) is 0.667. The van der Waals surface area contributed by atoms with Gasteiger partial charge in [-0.05, 0) is 6.66 Å². The first-order valence-corrected chi connectivity index (χ1v) is 3.96. The van der Waals surface area contributed by atoms with Gasteiger partial charge in [-0.1, -0.05) is 0 Å². The molecule has 1 unspecified atom stereocenters. The molecule has 0 heterocycles. The van der Waals surface area contributed by atoms with Crippen molar-refractivity contribution in [3.05, 3.63) is 6.92 Å². The van der Waals surface area contributed by atoms with Crippen molar-refractivity contribution in [3.63, 3.8) is 0 Å². The second-order valence-electron chi connectivity index (χ2n) is 1.25. The van der Waals surface area contributed by atoms with Crippen LogP contribution in [0.3, 0.4) is 0 Å².